The Morgan fingerprint density at radius 2 is 1.78 bits per heavy atom. The molecule has 1 amide bonds. The third kappa shape index (κ3) is 9.95. The maximum atomic E-state index is 11.8. The van der Waals surface area contributed by atoms with Gasteiger partial charge in [0.2, 0.25) is 5.91 Å². The molecule has 5 nitrogen and oxygen atoms in total. The van der Waals surface area contributed by atoms with Crippen molar-refractivity contribution in [2.75, 3.05) is 58.9 Å². The average molecular weight is 392 g/mol. The molecule has 0 aromatic heterocycles. The molecule has 2 fully saturated rings. The zero-order chi connectivity index (χ0) is 14.2. The summed E-state index contributed by atoms with van der Waals surface area (Å²) in [6.45, 7) is 12.0. The zero-order valence-corrected chi connectivity index (χ0v) is 16.5. The van der Waals surface area contributed by atoms with Crippen molar-refractivity contribution >= 4 is 43.1 Å². The maximum absolute atomic E-state index is 11.8. The summed E-state index contributed by atoms with van der Waals surface area (Å²) < 4.78 is 0. The lowest BCUT2D eigenvalue weighted by Gasteiger charge is -2.33. The van der Waals surface area contributed by atoms with Gasteiger partial charge >= 0.3 is 0 Å². The Kier molecular flexibility index (Phi) is 16.1. The molecule has 2 rings (SSSR count). The maximum Gasteiger partial charge on any atom is 0.220 e. The highest BCUT2D eigenvalue weighted by atomic mass is 35.5. The minimum Gasteiger partial charge on any atom is -0.355 e. The topological polar surface area (TPSA) is 47.6 Å². The molecule has 0 aliphatic carbocycles. The molecule has 2 aliphatic heterocycles. The number of hydrogen-bond acceptors (Lipinski definition) is 4. The quantitative estimate of drug-likeness (QED) is 0.688. The van der Waals surface area contributed by atoms with Gasteiger partial charge in [-0.2, -0.15) is 0 Å². The van der Waals surface area contributed by atoms with Crippen molar-refractivity contribution < 1.29 is 4.79 Å². The Morgan fingerprint density at radius 1 is 1.13 bits per heavy atom. The van der Waals surface area contributed by atoms with Gasteiger partial charge < -0.3 is 15.5 Å². The molecule has 0 bridgehead atoms. The van der Waals surface area contributed by atoms with Gasteiger partial charge in [-0.25, -0.2) is 0 Å². The lowest BCUT2D eigenvalue weighted by atomic mass is 10.0. The second-order valence-electron chi connectivity index (χ2n) is 6.02. The van der Waals surface area contributed by atoms with Crippen LogP contribution < -0.4 is 10.6 Å². The molecule has 8 heteroatoms. The Labute approximate surface area is 159 Å². The van der Waals surface area contributed by atoms with Crippen molar-refractivity contribution in [3.05, 3.63) is 0 Å². The first-order valence-corrected chi connectivity index (χ1v) is 8.20. The molecular weight excluding hydrogens is 359 g/mol. The number of carbonyl (C=O) groups is 1. The molecule has 2 saturated heterocycles. The molecular formula is C15H33Cl3N4O. The third-order valence-electron chi connectivity index (χ3n) is 4.60. The van der Waals surface area contributed by atoms with Crippen LogP contribution in [0.3, 0.4) is 0 Å². The van der Waals surface area contributed by atoms with Crippen molar-refractivity contribution in [2.45, 2.75) is 26.2 Å². The van der Waals surface area contributed by atoms with Crippen LogP contribution in [0.1, 0.15) is 26.2 Å². The molecule has 0 aromatic carbocycles. The molecule has 2 heterocycles. The Bertz CT molecular complexity index is 296. The molecule has 140 valence electrons. The summed E-state index contributed by atoms with van der Waals surface area (Å²) >= 11 is 0. The van der Waals surface area contributed by atoms with Crippen LogP contribution in [0, 0.1) is 5.92 Å². The lowest BCUT2D eigenvalue weighted by Crippen LogP contribution is -2.48. The van der Waals surface area contributed by atoms with Crippen molar-refractivity contribution in [1.29, 1.82) is 0 Å². The Balaban J connectivity index is 0. The number of piperazine rings is 1. The van der Waals surface area contributed by atoms with Crippen molar-refractivity contribution in [3.63, 3.8) is 0 Å². The molecule has 0 saturated carbocycles. The number of halogens is 3. The largest absolute Gasteiger partial charge is 0.355 e. The molecule has 2 N–H and O–H groups in total. The molecule has 0 radical (unpaired) electrons. The van der Waals surface area contributed by atoms with E-state index >= 15 is 0 Å². The van der Waals surface area contributed by atoms with Crippen molar-refractivity contribution in [1.82, 2.24) is 20.4 Å². The monoisotopic (exact) mass is 390 g/mol. The van der Waals surface area contributed by atoms with E-state index in [2.05, 4.69) is 27.4 Å². The molecule has 1 atom stereocenters. The van der Waals surface area contributed by atoms with Crippen LogP contribution in [-0.4, -0.2) is 74.6 Å². The predicted octanol–water partition coefficient (Wildman–Crippen LogP) is 1.40. The van der Waals surface area contributed by atoms with Gasteiger partial charge in [-0.3, -0.25) is 9.69 Å². The molecule has 0 spiro atoms. The number of nitrogens with one attached hydrogen (secondary N) is 2. The number of likely N-dealkylation sites (N-methyl/N-ethyl adjacent to an activating group) is 1. The average Bonchev–Trinajstić information content (AvgIpc) is 2.99. The normalized spacial score (nSPS) is 21.7. The van der Waals surface area contributed by atoms with E-state index in [0.717, 1.165) is 52.2 Å². The van der Waals surface area contributed by atoms with Gasteiger partial charge in [-0.15, -0.1) is 37.2 Å². The van der Waals surface area contributed by atoms with Gasteiger partial charge in [-0.05, 0) is 38.4 Å². The van der Waals surface area contributed by atoms with E-state index in [1.165, 1.54) is 19.5 Å². The van der Waals surface area contributed by atoms with E-state index in [0.29, 0.717) is 12.3 Å². The van der Waals surface area contributed by atoms with E-state index < -0.39 is 0 Å². The second-order valence-corrected chi connectivity index (χ2v) is 6.02. The molecule has 23 heavy (non-hydrogen) atoms. The number of nitrogens with zero attached hydrogens (tertiary/aromatic N) is 2. The first kappa shape index (κ1) is 25.5. The molecule has 0 aromatic rings. The van der Waals surface area contributed by atoms with Crippen LogP contribution in [0.4, 0.5) is 0 Å². The van der Waals surface area contributed by atoms with Crippen LogP contribution in [0.25, 0.3) is 0 Å². The fourth-order valence-electron chi connectivity index (χ4n) is 3.07. The molecule has 2 aliphatic rings. The Morgan fingerprint density at radius 3 is 2.35 bits per heavy atom. The van der Waals surface area contributed by atoms with Crippen LogP contribution in [0.2, 0.25) is 0 Å². The van der Waals surface area contributed by atoms with Crippen LogP contribution in [0.15, 0.2) is 0 Å². The highest BCUT2D eigenvalue weighted by molar-refractivity contribution is 5.86. The first-order chi connectivity index (χ1) is 9.78. The summed E-state index contributed by atoms with van der Waals surface area (Å²) in [4.78, 5) is 16.7. The highest BCUT2D eigenvalue weighted by Gasteiger charge is 2.17. The summed E-state index contributed by atoms with van der Waals surface area (Å²) in [6, 6.07) is 0. The zero-order valence-electron chi connectivity index (χ0n) is 14.1. The fourth-order valence-corrected chi connectivity index (χ4v) is 3.07. The van der Waals surface area contributed by atoms with E-state index in [9.17, 15) is 4.79 Å². The summed E-state index contributed by atoms with van der Waals surface area (Å²) in [5.41, 5.74) is 0. The van der Waals surface area contributed by atoms with Gasteiger partial charge in [0.1, 0.15) is 0 Å². The summed E-state index contributed by atoms with van der Waals surface area (Å²) in [5, 5.41) is 6.41. The SMILES string of the molecule is CCN1CCN(CCNC(=O)CCC2CCNC2)CC1.Cl.Cl.Cl. The standard InChI is InChI=1S/C15H30N4O.3ClH/c1-2-18-9-11-19(12-10-18)8-7-17-15(20)4-3-14-5-6-16-13-14;;;/h14,16H,2-13H2,1H3,(H,17,20);3*1H. The number of amides is 1. The van der Waals surface area contributed by atoms with E-state index in [-0.39, 0.29) is 43.1 Å². The fraction of sp³-hybridized carbons (Fsp3) is 0.933. The van der Waals surface area contributed by atoms with Gasteiger partial charge in [-0.1, -0.05) is 6.92 Å². The van der Waals surface area contributed by atoms with Crippen molar-refractivity contribution in [3.8, 4) is 0 Å². The first-order valence-electron chi connectivity index (χ1n) is 8.20. The third-order valence-corrected chi connectivity index (χ3v) is 4.60. The van der Waals surface area contributed by atoms with Crippen LogP contribution in [-0.2, 0) is 4.79 Å². The minimum atomic E-state index is 0. The Hall–Kier alpha value is 0.220. The van der Waals surface area contributed by atoms with E-state index in [4.69, 9.17) is 0 Å². The summed E-state index contributed by atoms with van der Waals surface area (Å²) in [5.74, 6) is 0.937. The second kappa shape index (κ2) is 14.6. The van der Waals surface area contributed by atoms with E-state index in [1.807, 2.05) is 0 Å². The predicted molar refractivity (Wildman–Crippen MR) is 104 cm³/mol. The van der Waals surface area contributed by atoms with Crippen LogP contribution in [0.5, 0.6) is 0 Å². The van der Waals surface area contributed by atoms with Gasteiger partial charge in [0.05, 0.1) is 0 Å². The smallest absolute Gasteiger partial charge is 0.220 e. The van der Waals surface area contributed by atoms with Gasteiger partial charge in [0, 0.05) is 45.7 Å². The summed E-state index contributed by atoms with van der Waals surface area (Å²) in [7, 11) is 0. The number of rotatable bonds is 7. The molecule has 1 unspecified atom stereocenters. The lowest BCUT2D eigenvalue weighted by molar-refractivity contribution is -0.121. The highest BCUT2D eigenvalue weighted by Crippen LogP contribution is 2.13. The summed E-state index contributed by atoms with van der Waals surface area (Å²) in [6.07, 6.45) is 2.96. The van der Waals surface area contributed by atoms with Crippen LogP contribution >= 0.6 is 37.2 Å². The minimum absolute atomic E-state index is 0. The van der Waals surface area contributed by atoms with Crippen molar-refractivity contribution in [2.24, 2.45) is 5.92 Å². The number of carbonyl (C=O) groups excluding carboxylic acids is 1. The van der Waals surface area contributed by atoms with Gasteiger partial charge in [0.15, 0.2) is 0 Å². The van der Waals surface area contributed by atoms with Gasteiger partial charge in [0.25, 0.3) is 0 Å². The number of hydrogen-bond donors (Lipinski definition) is 2. The van der Waals surface area contributed by atoms with E-state index in [1.54, 1.807) is 0 Å².